The quantitative estimate of drug-likeness (QED) is 0.551. The third kappa shape index (κ3) is 5.08. The molecule has 7 nitrogen and oxygen atoms in total. The summed E-state index contributed by atoms with van der Waals surface area (Å²) in [5.74, 6) is -0.586. The number of benzene rings is 2. The number of amides is 2. The van der Waals surface area contributed by atoms with Crippen molar-refractivity contribution in [3.05, 3.63) is 76.0 Å². The number of nitrogen functional groups attached to an aromatic ring is 1. The van der Waals surface area contributed by atoms with Crippen molar-refractivity contribution in [3.63, 3.8) is 0 Å². The molecule has 29 heavy (non-hydrogen) atoms. The van der Waals surface area contributed by atoms with E-state index in [9.17, 15) is 14.0 Å². The van der Waals surface area contributed by atoms with Crippen LogP contribution >= 0.6 is 11.5 Å². The number of ether oxygens (including phenoxy) is 1. The lowest BCUT2D eigenvalue weighted by molar-refractivity contribution is 0.0946. The molecule has 3 aromatic rings. The first-order chi connectivity index (χ1) is 14.0. The molecular weight excluding hydrogens is 395 g/mol. The van der Waals surface area contributed by atoms with Crippen LogP contribution in [0, 0.1) is 5.82 Å². The van der Waals surface area contributed by atoms with Crippen molar-refractivity contribution in [1.82, 2.24) is 15.0 Å². The number of carbonyl (C=O) groups excluding carboxylic acids is 2. The Morgan fingerprint density at radius 3 is 2.48 bits per heavy atom. The molecule has 0 aliphatic carbocycles. The number of rotatable bonds is 7. The van der Waals surface area contributed by atoms with E-state index in [-0.39, 0.29) is 35.2 Å². The van der Waals surface area contributed by atoms with E-state index in [1.807, 2.05) is 12.1 Å². The van der Waals surface area contributed by atoms with Crippen LogP contribution < -0.4 is 21.1 Å². The molecule has 0 unspecified atom stereocenters. The average molecular weight is 414 g/mol. The maximum atomic E-state index is 12.9. The van der Waals surface area contributed by atoms with Crippen molar-refractivity contribution in [2.75, 3.05) is 12.8 Å². The standard InChI is InChI=1S/C20H19FN4O3S/c1-28-15-4-2-3-13(9-15)11-23-19(26)17-16(22)18(29-25-17)20(27)24-10-12-5-7-14(21)8-6-12/h2-9H,10-11,22H2,1H3,(H,23,26)(H,24,27). The maximum absolute atomic E-state index is 12.9. The summed E-state index contributed by atoms with van der Waals surface area (Å²) in [5.41, 5.74) is 7.58. The van der Waals surface area contributed by atoms with Gasteiger partial charge in [0, 0.05) is 13.1 Å². The second-order valence-electron chi connectivity index (χ2n) is 6.12. The summed E-state index contributed by atoms with van der Waals surface area (Å²) >= 11 is 0.850. The number of nitrogens with zero attached hydrogens (tertiary/aromatic N) is 1. The second kappa shape index (κ2) is 9.16. The van der Waals surface area contributed by atoms with Gasteiger partial charge in [0.25, 0.3) is 11.8 Å². The molecule has 2 amide bonds. The molecule has 1 heterocycles. The Hall–Kier alpha value is -3.46. The number of anilines is 1. The highest BCUT2D eigenvalue weighted by atomic mass is 32.1. The molecule has 0 bridgehead atoms. The third-order valence-electron chi connectivity index (χ3n) is 4.10. The van der Waals surface area contributed by atoms with Gasteiger partial charge in [-0.1, -0.05) is 24.3 Å². The third-order valence-corrected chi connectivity index (χ3v) is 4.96. The van der Waals surface area contributed by atoms with E-state index in [1.165, 1.54) is 12.1 Å². The van der Waals surface area contributed by atoms with Crippen LogP contribution in [0.3, 0.4) is 0 Å². The lowest BCUT2D eigenvalue weighted by atomic mass is 10.2. The van der Waals surface area contributed by atoms with Crippen molar-refractivity contribution in [2.24, 2.45) is 0 Å². The Kier molecular flexibility index (Phi) is 6.40. The highest BCUT2D eigenvalue weighted by molar-refractivity contribution is 7.09. The Bertz CT molecular complexity index is 1020. The number of nitrogens with two attached hydrogens (primary N) is 1. The van der Waals surface area contributed by atoms with Crippen molar-refractivity contribution in [3.8, 4) is 5.75 Å². The minimum atomic E-state index is -0.473. The van der Waals surface area contributed by atoms with Gasteiger partial charge in [-0.2, -0.15) is 4.37 Å². The molecular formula is C20H19FN4O3S. The van der Waals surface area contributed by atoms with Crippen molar-refractivity contribution in [1.29, 1.82) is 0 Å². The van der Waals surface area contributed by atoms with Crippen LogP contribution in [0.1, 0.15) is 31.3 Å². The number of methoxy groups -OCH3 is 1. The molecule has 0 spiro atoms. The largest absolute Gasteiger partial charge is 0.497 e. The lowest BCUT2D eigenvalue weighted by Gasteiger charge is -2.07. The maximum Gasteiger partial charge on any atom is 0.273 e. The molecule has 0 saturated carbocycles. The Morgan fingerprint density at radius 1 is 1.07 bits per heavy atom. The Balaban J connectivity index is 1.60. The zero-order valence-corrected chi connectivity index (χ0v) is 16.4. The molecule has 0 aliphatic heterocycles. The van der Waals surface area contributed by atoms with Gasteiger partial charge in [-0.3, -0.25) is 9.59 Å². The van der Waals surface area contributed by atoms with Crippen molar-refractivity contribution in [2.45, 2.75) is 13.1 Å². The summed E-state index contributed by atoms with van der Waals surface area (Å²) in [7, 11) is 1.57. The van der Waals surface area contributed by atoms with E-state index in [1.54, 1.807) is 31.4 Å². The first-order valence-electron chi connectivity index (χ1n) is 8.67. The van der Waals surface area contributed by atoms with Crippen LogP contribution in [0.2, 0.25) is 0 Å². The number of nitrogens with one attached hydrogen (secondary N) is 2. The predicted octanol–water partition coefficient (Wildman–Crippen LogP) is 2.73. The van der Waals surface area contributed by atoms with Gasteiger partial charge in [0.15, 0.2) is 5.69 Å². The van der Waals surface area contributed by atoms with Crippen LogP contribution in [0.5, 0.6) is 5.75 Å². The number of hydrogen-bond acceptors (Lipinski definition) is 6. The van der Waals surface area contributed by atoms with E-state index >= 15 is 0 Å². The molecule has 3 rings (SSSR count). The monoisotopic (exact) mass is 414 g/mol. The molecule has 0 saturated heterocycles. The first-order valence-corrected chi connectivity index (χ1v) is 9.44. The Labute approximate surface area is 170 Å². The summed E-state index contributed by atoms with van der Waals surface area (Å²) in [6.45, 7) is 0.465. The van der Waals surface area contributed by atoms with Gasteiger partial charge in [0.05, 0.1) is 12.8 Å². The highest BCUT2D eigenvalue weighted by Gasteiger charge is 2.21. The summed E-state index contributed by atoms with van der Waals surface area (Å²) < 4.78 is 22.1. The Morgan fingerprint density at radius 2 is 1.76 bits per heavy atom. The summed E-state index contributed by atoms with van der Waals surface area (Å²) in [6, 6.07) is 13.1. The summed E-state index contributed by atoms with van der Waals surface area (Å²) in [4.78, 5) is 24.9. The normalized spacial score (nSPS) is 10.4. The lowest BCUT2D eigenvalue weighted by Crippen LogP contribution is -2.25. The molecule has 2 aromatic carbocycles. The van der Waals surface area contributed by atoms with Gasteiger partial charge in [-0.15, -0.1) is 0 Å². The number of halogens is 1. The molecule has 0 atom stereocenters. The molecule has 0 fully saturated rings. The zero-order valence-electron chi connectivity index (χ0n) is 15.6. The van der Waals surface area contributed by atoms with E-state index in [2.05, 4.69) is 15.0 Å². The van der Waals surface area contributed by atoms with Crippen LogP contribution in [0.15, 0.2) is 48.5 Å². The summed E-state index contributed by atoms with van der Waals surface area (Å²) in [6.07, 6.45) is 0. The molecule has 9 heteroatoms. The van der Waals surface area contributed by atoms with Crippen molar-refractivity contribution >= 4 is 29.0 Å². The van der Waals surface area contributed by atoms with Crippen LogP contribution in [-0.4, -0.2) is 23.3 Å². The fourth-order valence-corrected chi connectivity index (χ4v) is 3.25. The van der Waals surface area contributed by atoms with E-state index in [0.29, 0.717) is 5.75 Å². The fourth-order valence-electron chi connectivity index (χ4n) is 2.54. The molecule has 150 valence electrons. The van der Waals surface area contributed by atoms with E-state index in [4.69, 9.17) is 10.5 Å². The first kappa shape index (κ1) is 20.3. The SMILES string of the molecule is COc1cccc(CNC(=O)c2nsc(C(=O)NCc3ccc(F)cc3)c2N)c1. The van der Waals surface area contributed by atoms with Crippen LogP contribution in [0.25, 0.3) is 0 Å². The van der Waals surface area contributed by atoms with E-state index in [0.717, 1.165) is 22.7 Å². The smallest absolute Gasteiger partial charge is 0.273 e. The second-order valence-corrected chi connectivity index (χ2v) is 6.89. The molecule has 0 aliphatic rings. The molecule has 1 aromatic heterocycles. The fraction of sp³-hybridized carbons (Fsp3) is 0.150. The predicted molar refractivity (Wildman–Crippen MR) is 108 cm³/mol. The average Bonchev–Trinajstić information content (AvgIpc) is 3.13. The zero-order chi connectivity index (χ0) is 20.8. The summed E-state index contributed by atoms with van der Waals surface area (Å²) in [5, 5.41) is 5.41. The van der Waals surface area contributed by atoms with Crippen molar-refractivity contribution < 1.29 is 18.7 Å². The van der Waals surface area contributed by atoms with Gasteiger partial charge < -0.3 is 21.1 Å². The van der Waals surface area contributed by atoms with Gasteiger partial charge in [0.1, 0.15) is 16.4 Å². The van der Waals surface area contributed by atoms with E-state index < -0.39 is 11.8 Å². The van der Waals surface area contributed by atoms with Crippen LogP contribution in [-0.2, 0) is 13.1 Å². The van der Waals surface area contributed by atoms with Gasteiger partial charge in [-0.25, -0.2) is 4.39 Å². The number of carbonyl (C=O) groups is 2. The minimum absolute atomic E-state index is 0.00447. The number of hydrogen-bond donors (Lipinski definition) is 3. The van der Waals surface area contributed by atoms with Crippen LogP contribution in [0.4, 0.5) is 10.1 Å². The highest BCUT2D eigenvalue weighted by Crippen LogP contribution is 2.22. The van der Waals surface area contributed by atoms with Gasteiger partial charge in [-0.05, 0) is 46.9 Å². The minimum Gasteiger partial charge on any atom is -0.497 e. The molecule has 4 N–H and O–H groups in total. The molecule has 0 radical (unpaired) electrons. The topological polar surface area (TPSA) is 106 Å². The van der Waals surface area contributed by atoms with Gasteiger partial charge >= 0.3 is 0 Å². The number of aromatic nitrogens is 1. The van der Waals surface area contributed by atoms with Gasteiger partial charge in [0.2, 0.25) is 0 Å².